The number of hydrogen-bond acceptors (Lipinski definition) is 5. The van der Waals surface area contributed by atoms with E-state index in [2.05, 4.69) is 27.4 Å². The molecule has 19 heavy (non-hydrogen) atoms. The topological polar surface area (TPSA) is 63.8 Å². The quantitative estimate of drug-likeness (QED) is 0.774. The Kier molecular flexibility index (Phi) is 5.03. The first-order valence-electron chi connectivity index (χ1n) is 6.76. The SMILES string of the molecule is CCCNCCCc1nnc(-c2ncccc2C)o1. The zero-order valence-corrected chi connectivity index (χ0v) is 11.5. The van der Waals surface area contributed by atoms with Gasteiger partial charge in [-0.3, -0.25) is 4.98 Å². The molecule has 2 aromatic rings. The number of aryl methyl sites for hydroxylation is 2. The maximum atomic E-state index is 5.64. The molecule has 2 rings (SSSR count). The zero-order valence-electron chi connectivity index (χ0n) is 11.5. The molecule has 0 atom stereocenters. The molecular formula is C14H20N4O. The lowest BCUT2D eigenvalue weighted by molar-refractivity contribution is 0.489. The van der Waals surface area contributed by atoms with Gasteiger partial charge in [0, 0.05) is 12.6 Å². The lowest BCUT2D eigenvalue weighted by atomic mass is 10.2. The summed E-state index contributed by atoms with van der Waals surface area (Å²) >= 11 is 0. The Hall–Kier alpha value is -1.75. The summed E-state index contributed by atoms with van der Waals surface area (Å²) in [6.45, 7) is 6.18. The highest BCUT2D eigenvalue weighted by atomic mass is 16.4. The first-order chi connectivity index (χ1) is 9.31. The van der Waals surface area contributed by atoms with Crippen LogP contribution in [0.15, 0.2) is 22.7 Å². The van der Waals surface area contributed by atoms with Crippen molar-refractivity contribution in [3.8, 4) is 11.6 Å². The van der Waals surface area contributed by atoms with E-state index in [4.69, 9.17) is 4.42 Å². The van der Waals surface area contributed by atoms with Crippen molar-refractivity contribution >= 4 is 0 Å². The Balaban J connectivity index is 1.91. The van der Waals surface area contributed by atoms with Gasteiger partial charge in [0.1, 0.15) is 5.69 Å². The monoisotopic (exact) mass is 260 g/mol. The third-order valence-corrected chi connectivity index (χ3v) is 2.85. The van der Waals surface area contributed by atoms with Crippen molar-refractivity contribution in [1.82, 2.24) is 20.5 Å². The average molecular weight is 260 g/mol. The van der Waals surface area contributed by atoms with Gasteiger partial charge in [0.05, 0.1) is 0 Å². The van der Waals surface area contributed by atoms with Crippen molar-refractivity contribution in [3.63, 3.8) is 0 Å². The van der Waals surface area contributed by atoms with E-state index in [0.717, 1.165) is 43.6 Å². The lowest BCUT2D eigenvalue weighted by Gasteiger charge is -2.00. The smallest absolute Gasteiger partial charge is 0.266 e. The highest BCUT2D eigenvalue weighted by Gasteiger charge is 2.11. The minimum Gasteiger partial charge on any atom is -0.419 e. The Morgan fingerprint density at radius 3 is 2.95 bits per heavy atom. The molecule has 0 saturated heterocycles. The van der Waals surface area contributed by atoms with Crippen LogP contribution in [0.3, 0.4) is 0 Å². The van der Waals surface area contributed by atoms with Crippen LogP contribution in [-0.2, 0) is 6.42 Å². The second kappa shape index (κ2) is 6.99. The summed E-state index contributed by atoms with van der Waals surface area (Å²) in [5.41, 5.74) is 1.81. The highest BCUT2D eigenvalue weighted by Crippen LogP contribution is 2.19. The van der Waals surface area contributed by atoms with E-state index in [-0.39, 0.29) is 0 Å². The summed E-state index contributed by atoms with van der Waals surface area (Å²) in [4.78, 5) is 4.27. The van der Waals surface area contributed by atoms with Crippen LogP contribution in [0.4, 0.5) is 0 Å². The van der Waals surface area contributed by atoms with E-state index in [1.165, 1.54) is 0 Å². The predicted octanol–water partition coefficient (Wildman–Crippen LogP) is 2.37. The molecule has 2 heterocycles. The summed E-state index contributed by atoms with van der Waals surface area (Å²) in [6.07, 6.45) is 4.70. The highest BCUT2D eigenvalue weighted by molar-refractivity contribution is 5.51. The number of nitrogens with one attached hydrogen (secondary N) is 1. The van der Waals surface area contributed by atoms with Crippen LogP contribution >= 0.6 is 0 Å². The summed E-state index contributed by atoms with van der Waals surface area (Å²) in [7, 11) is 0. The number of pyridine rings is 1. The molecule has 0 aliphatic carbocycles. The second-order valence-electron chi connectivity index (χ2n) is 4.52. The van der Waals surface area contributed by atoms with Crippen LogP contribution in [0.25, 0.3) is 11.6 Å². The fourth-order valence-electron chi connectivity index (χ4n) is 1.83. The summed E-state index contributed by atoms with van der Waals surface area (Å²) < 4.78 is 5.64. The van der Waals surface area contributed by atoms with Crippen molar-refractivity contribution in [2.24, 2.45) is 0 Å². The molecule has 0 unspecified atom stereocenters. The molecule has 0 saturated carbocycles. The van der Waals surface area contributed by atoms with Gasteiger partial charge in [-0.15, -0.1) is 10.2 Å². The summed E-state index contributed by atoms with van der Waals surface area (Å²) in [5, 5.41) is 11.5. The van der Waals surface area contributed by atoms with Crippen LogP contribution in [0.5, 0.6) is 0 Å². The molecule has 5 heteroatoms. The predicted molar refractivity (Wildman–Crippen MR) is 73.7 cm³/mol. The van der Waals surface area contributed by atoms with Gasteiger partial charge in [0.15, 0.2) is 0 Å². The maximum absolute atomic E-state index is 5.64. The lowest BCUT2D eigenvalue weighted by Crippen LogP contribution is -2.16. The average Bonchev–Trinajstić information content (AvgIpc) is 2.88. The van der Waals surface area contributed by atoms with Gasteiger partial charge < -0.3 is 9.73 Å². The van der Waals surface area contributed by atoms with Crippen molar-refractivity contribution in [3.05, 3.63) is 29.8 Å². The van der Waals surface area contributed by atoms with E-state index >= 15 is 0 Å². The van der Waals surface area contributed by atoms with Gasteiger partial charge >= 0.3 is 0 Å². The molecule has 0 bridgehead atoms. The van der Waals surface area contributed by atoms with Crippen molar-refractivity contribution in [2.75, 3.05) is 13.1 Å². The molecule has 0 aromatic carbocycles. The zero-order chi connectivity index (χ0) is 13.5. The first-order valence-corrected chi connectivity index (χ1v) is 6.76. The van der Waals surface area contributed by atoms with E-state index < -0.39 is 0 Å². The standard InChI is InChI=1S/C14H20N4O/c1-3-8-15-9-5-7-12-17-18-14(19-12)13-11(2)6-4-10-16-13/h4,6,10,15H,3,5,7-9H2,1-2H3. The van der Waals surface area contributed by atoms with Crippen molar-refractivity contribution < 1.29 is 4.42 Å². The Morgan fingerprint density at radius 1 is 1.26 bits per heavy atom. The van der Waals surface area contributed by atoms with Gasteiger partial charge in [-0.2, -0.15) is 0 Å². The minimum atomic E-state index is 0.509. The normalized spacial score (nSPS) is 10.8. The van der Waals surface area contributed by atoms with Gasteiger partial charge in [-0.25, -0.2) is 0 Å². The van der Waals surface area contributed by atoms with Gasteiger partial charge in [-0.05, 0) is 44.5 Å². The minimum absolute atomic E-state index is 0.509. The Bertz CT molecular complexity index is 510. The van der Waals surface area contributed by atoms with Gasteiger partial charge in [0.25, 0.3) is 5.89 Å². The van der Waals surface area contributed by atoms with Gasteiger partial charge in [-0.1, -0.05) is 13.0 Å². The van der Waals surface area contributed by atoms with Crippen LogP contribution < -0.4 is 5.32 Å². The van der Waals surface area contributed by atoms with Crippen molar-refractivity contribution in [2.45, 2.75) is 33.1 Å². The molecule has 0 amide bonds. The van der Waals surface area contributed by atoms with E-state index in [1.54, 1.807) is 6.20 Å². The maximum Gasteiger partial charge on any atom is 0.266 e. The van der Waals surface area contributed by atoms with Crippen LogP contribution in [-0.4, -0.2) is 28.3 Å². The fourth-order valence-corrected chi connectivity index (χ4v) is 1.83. The molecular weight excluding hydrogens is 240 g/mol. The number of rotatable bonds is 7. The molecule has 102 valence electrons. The van der Waals surface area contributed by atoms with Crippen LogP contribution in [0.2, 0.25) is 0 Å². The second-order valence-corrected chi connectivity index (χ2v) is 4.52. The number of aromatic nitrogens is 3. The number of nitrogens with zero attached hydrogens (tertiary/aromatic N) is 3. The molecule has 1 N–H and O–H groups in total. The largest absolute Gasteiger partial charge is 0.419 e. The molecule has 0 aliphatic rings. The van der Waals surface area contributed by atoms with E-state index in [1.807, 2.05) is 19.1 Å². The van der Waals surface area contributed by atoms with Gasteiger partial charge in [0.2, 0.25) is 5.89 Å². The summed E-state index contributed by atoms with van der Waals surface area (Å²) in [6, 6.07) is 3.89. The Morgan fingerprint density at radius 2 is 2.16 bits per heavy atom. The van der Waals surface area contributed by atoms with Crippen LogP contribution in [0.1, 0.15) is 31.2 Å². The molecule has 0 radical (unpaired) electrons. The van der Waals surface area contributed by atoms with Crippen LogP contribution in [0, 0.1) is 6.92 Å². The van der Waals surface area contributed by atoms with E-state index in [9.17, 15) is 0 Å². The summed E-state index contributed by atoms with van der Waals surface area (Å²) in [5.74, 6) is 1.19. The molecule has 0 aliphatic heterocycles. The number of hydrogen-bond donors (Lipinski definition) is 1. The van der Waals surface area contributed by atoms with Crippen molar-refractivity contribution in [1.29, 1.82) is 0 Å². The molecule has 0 fully saturated rings. The molecule has 2 aromatic heterocycles. The third kappa shape index (κ3) is 3.86. The molecule has 0 spiro atoms. The fraction of sp³-hybridized carbons (Fsp3) is 0.500. The molecule has 5 nitrogen and oxygen atoms in total. The third-order valence-electron chi connectivity index (χ3n) is 2.85. The Labute approximate surface area is 113 Å². The first kappa shape index (κ1) is 13.7. The van der Waals surface area contributed by atoms with E-state index in [0.29, 0.717) is 11.8 Å².